The normalized spacial score (nSPS) is 21.5. The second-order valence-electron chi connectivity index (χ2n) is 6.64. The topological polar surface area (TPSA) is 38.8 Å². The van der Waals surface area contributed by atoms with Crippen molar-refractivity contribution in [3.05, 3.63) is 101 Å². The van der Waals surface area contributed by atoms with Crippen LogP contribution in [0.4, 0.5) is 5.69 Å². The molecule has 0 saturated carbocycles. The van der Waals surface area contributed by atoms with Crippen molar-refractivity contribution in [2.24, 2.45) is 5.92 Å². The first kappa shape index (κ1) is 18.5. The maximum Gasteiger partial charge on any atom is 0.314 e. The molecule has 3 aromatic carbocycles. The minimum absolute atomic E-state index is 0.306. The van der Waals surface area contributed by atoms with Gasteiger partial charge >= 0.3 is 5.97 Å². The fraction of sp³-hybridized carbons (Fsp3) is 0.174. The second-order valence-corrected chi connectivity index (χ2v) is 7.08. The van der Waals surface area contributed by atoms with Gasteiger partial charge in [0.1, 0.15) is 12.0 Å². The number of rotatable bonds is 4. The number of esters is 1. The molecule has 0 N–H and O–H groups in total. The molecule has 28 heavy (non-hydrogen) atoms. The molecule has 0 bridgehead atoms. The van der Waals surface area contributed by atoms with Crippen LogP contribution in [0, 0.1) is 5.92 Å². The number of carbonyl (C=O) groups excluding carboxylic acids is 1. The SMILES string of the molecule is COC(=O)[C@H]1[C@H](c2ccccc2)ON(c2ccc(Cl)cc2)[C@H]1c1ccccc1. The summed E-state index contributed by atoms with van der Waals surface area (Å²) in [5, 5.41) is 2.44. The Labute approximate surface area is 169 Å². The smallest absolute Gasteiger partial charge is 0.314 e. The van der Waals surface area contributed by atoms with Crippen molar-refractivity contribution in [1.29, 1.82) is 0 Å². The molecule has 0 aromatic heterocycles. The fourth-order valence-electron chi connectivity index (χ4n) is 3.67. The van der Waals surface area contributed by atoms with Crippen LogP contribution in [0.3, 0.4) is 0 Å². The van der Waals surface area contributed by atoms with Crippen molar-refractivity contribution >= 4 is 23.3 Å². The molecule has 4 rings (SSSR count). The number of carbonyl (C=O) groups is 1. The molecule has 142 valence electrons. The summed E-state index contributed by atoms with van der Waals surface area (Å²) in [5.74, 6) is -0.829. The molecule has 1 fully saturated rings. The van der Waals surface area contributed by atoms with E-state index in [0.29, 0.717) is 5.02 Å². The molecule has 5 heteroatoms. The van der Waals surface area contributed by atoms with Crippen molar-refractivity contribution in [1.82, 2.24) is 0 Å². The highest BCUT2D eigenvalue weighted by atomic mass is 35.5. The molecule has 1 heterocycles. The lowest BCUT2D eigenvalue weighted by molar-refractivity contribution is -0.147. The van der Waals surface area contributed by atoms with E-state index in [1.54, 1.807) is 5.06 Å². The first-order valence-corrected chi connectivity index (χ1v) is 9.46. The summed E-state index contributed by atoms with van der Waals surface area (Å²) in [6, 6.07) is 26.7. The molecular weight excluding hydrogens is 374 g/mol. The summed E-state index contributed by atoms with van der Waals surface area (Å²) >= 11 is 6.06. The number of hydrogen-bond donors (Lipinski definition) is 0. The van der Waals surface area contributed by atoms with Gasteiger partial charge in [-0.2, -0.15) is 0 Å². The Hall–Kier alpha value is -2.82. The Kier molecular flexibility index (Phi) is 5.33. The Morgan fingerprint density at radius 3 is 2.04 bits per heavy atom. The maximum absolute atomic E-state index is 12.9. The molecular formula is C23H20ClNO3. The maximum atomic E-state index is 12.9. The second kappa shape index (κ2) is 8.05. The van der Waals surface area contributed by atoms with Gasteiger partial charge < -0.3 is 4.74 Å². The van der Waals surface area contributed by atoms with E-state index in [9.17, 15) is 4.79 Å². The van der Waals surface area contributed by atoms with Crippen LogP contribution >= 0.6 is 11.6 Å². The molecule has 0 unspecified atom stereocenters. The van der Waals surface area contributed by atoms with Crippen LogP contribution in [0.5, 0.6) is 0 Å². The number of halogens is 1. The monoisotopic (exact) mass is 393 g/mol. The van der Waals surface area contributed by atoms with Crippen molar-refractivity contribution in [2.75, 3.05) is 12.2 Å². The van der Waals surface area contributed by atoms with E-state index in [4.69, 9.17) is 21.2 Å². The minimum atomic E-state index is -0.523. The Balaban J connectivity index is 1.84. The lowest BCUT2D eigenvalue weighted by Crippen LogP contribution is -2.29. The van der Waals surface area contributed by atoms with Gasteiger partial charge in [-0.3, -0.25) is 9.63 Å². The van der Waals surface area contributed by atoms with Crippen molar-refractivity contribution < 1.29 is 14.4 Å². The molecule has 4 nitrogen and oxygen atoms in total. The first-order chi connectivity index (χ1) is 13.7. The van der Waals surface area contributed by atoms with Gasteiger partial charge in [-0.25, -0.2) is 5.06 Å². The van der Waals surface area contributed by atoms with Crippen molar-refractivity contribution in [3.8, 4) is 0 Å². The molecule has 0 radical (unpaired) electrons. The summed E-state index contributed by atoms with van der Waals surface area (Å²) in [5.41, 5.74) is 2.73. The van der Waals surface area contributed by atoms with Gasteiger partial charge in [0.15, 0.2) is 0 Å². The number of methoxy groups -OCH3 is 1. The Morgan fingerprint density at radius 1 is 0.893 bits per heavy atom. The first-order valence-electron chi connectivity index (χ1n) is 9.08. The van der Waals surface area contributed by atoms with Gasteiger partial charge in [0.25, 0.3) is 0 Å². The summed E-state index contributed by atoms with van der Waals surface area (Å²) in [7, 11) is 1.41. The molecule has 3 aromatic rings. The molecule has 0 aliphatic carbocycles. The van der Waals surface area contributed by atoms with Gasteiger partial charge in [-0.05, 0) is 35.4 Å². The molecule has 3 atom stereocenters. The molecule has 0 amide bonds. The van der Waals surface area contributed by atoms with E-state index >= 15 is 0 Å². The third-order valence-electron chi connectivity index (χ3n) is 4.97. The molecule has 1 saturated heterocycles. The average Bonchev–Trinajstić information content (AvgIpc) is 3.15. The predicted molar refractivity (Wildman–Crippen MR) is 109 cm³/mol. The number of nitrogens with zero attached hydrogens (tertiary/aromatic N) is 1. The quantitative estimate of drug-likeness (QED) is 0.559. The zero-order valence-electron chi connectivity index (χ0n) is 15.4. The highest BCUT2D eigenvalue weighted by Gasteiger charge is 2.49. The van der Waals surface area contributed by atoms with Gasteiger partial charge in [0.05, 0.1) is 18.8 Å². The van der Waals surface area contributed by atoms with Crippen LogP contribution in [-0.2, 0) is 14.4 Å². The number of benzene rings is 3. The van der Waals surface area contributed by atoms with E-state index < -0.39 is 12.0 Å². The highest BCUT2D eigenvalue weighted by molar-refractivity contribution is 6.30. The average molecular weight is 394 g/mol. The van der Waals surface area contributed by atoms with Crippen molar-refractivity contribution in [3.63, 3.8) is 0 Å². The predicted octanol–water partition coefficient (Wildman–Crippen LogP) is 5.36. The minimum Gasteiger partial charge on any atom is -0.469 e. The number of hydrogen-bond acceptors (Lipinski definition) is 4. The molecule has 0 spiro atoms. The third-order valence-corrected chi connectivity index (χ3v) is 5.22. The summed E-state index contributed by atoms with van der Waals surface area (Å²) in [6.07, 6.45) is -0.463. The van der Waals surface area contributed by atoms with Gasteiger partial charge in [0.2, 0.25) is 0 Å². The van der Waals surface area contributed by atoms with E-state index in [-0.39, 0.29) is 12.0 Å². The summed E-state index contributed by atoms with van der Waals surface area (Å²) in [6.45, 7) is 0. The van der Waals surface area contributed by atoms with Gasteiger partial charge in [-0.1, -0.05) is 72.3 Å². The number of ether oxygens (including phenoxy) is 1. The Bertz CT molecular complexity index is 931. The third kappa shape index (κ3) is 3.49. The van der Waals surface area contributed by atoms with Crippen LogP contribution in [0.25, 0.3) is 0 Å². The highest BCUT2D eigenvalue weighted by Crippen LogP contribution is 2.49. The van der Waals surface area contributed by atoms with E-state index in [0.717, 1.165) is 16.8 Å². The largest absolute Gasteiger partial charge is 0.469 e. The van der Waals surface area contributed by atoms with Crippen LogP contribution in [0.1, 0.15) is 23.3 Å². The zero-order valence-corrected chi connectivity index (χ0v) is 16.1. The lowest BCUT2D eigenvalue weighted by Gasteiger charge is -2.26. The van der Waals surface area contributed by atoms with Crippen LogP contribution in [-0.4, -0.2) is 13.1 Å². The van der Waals surface area contributed by atoms with E-state index in [1.807, 2.05) is 84.9 Å². The molecule has 1 aliphatic heterocycles. The van der Waals surface area contributed by atoms with E-state index in [1.165, 1.54) is 7.11 Å². The fourth-order valence-corrected chi connectivity index (χ4v) is 3.79. The van der Waals surface area contributed by atoms with Crippen LogP contribution in [0.15, 0.2) is 84.9 Å². The van der Waals surface area contributed by atoms with Gasteiger partial charge in [0, 0.05) is 5.02 Å². The molecule has 1 aliphatic rings. The summed E-state index contributed by atoms with van der Waals surface area (Å²) < 4.78 is 5.17. The van der Waals surface area contributed by atoms with E-state index in [2.05, 4.69) is 0 Å². The summed E-state index contributed by atoms with van der Waals surface area (Å²) in [4.78, 5) is 19.2. The van der Waals surface area contributed by atoms with Crippen molar-refractivity contribution in [2.45, 2.75) is 12.1 Å². The number of hydroxylamine groups is 1. The van der Waals surface area contributed by atoms with Crippen LogP contribution in [0.2, 0.25) is 5.02 Å². The lowest BCUT2D eigenvalue weighted by atomic mass is 9.86. The standard InChI is InChI=1S/C23H20ClNO3/c1-27-23(26)20-21(16-8-4-2-5-9-16)25(19-14-12-18(24)13-15-19)28-22(20)17-10-6-3-7-11-17/h2-15,20-22H,1H3/t20-,21+,22+/m1/s1. The zero-order chi connectivity index (χ0) is 19.5. The number of anilines is 1. The van der Waals surface area contributed by atoms with Crippen LogP contribution < -0.4 is 5.06 Å². The Morgan fingerprint density at radius 2 is 1.46 bits per heavy atom. The van der Waals surface area contributed by atoms with Gasteiger partial charge in [-0.15, -0.1) is 0 Å².